The smallest absolute Gasteiger partial charge is 0.319 e. The molecule has 124 valence electrons. The zero-order valence-electron chi connectivity index (χ0n) is 12.2. The van der Waals surface area contributed by atoms with Crippen LogP contribution in [0, 0.1) is 20.2 Å². The number of nitro groups is 2. The minimum absolute atomic E-state index is 0.314. The Kier molecular flexibility index (Phi) is 4.84. The number of carbonyl (C=O) groups excluding carboxylic acids is 1. The highest BCUT2D eigenvalue weighted by atomic mass is 16.6. The van der Waals surface area contributed by atoms with E-state index in [1.54, 1.807) is 12.1 Å². The number of amides is 1. The second-order valence-corrected chi connectivity index (χ2v) is 4.28. The van der Waals surface area contributed by atoms with E-state index in [0.717, 1.165) is 19.2 Å². The highest BCUT2D eigenvalue weighted by molar-refractivity contribution is 5.96. The SMILES string of the molecule is COc1c([N+](=O)[O-])cc(C(=O)NN=Cc2ccco2)cc1[N+](=O)[O-]. The van der Waals surface area contributed by atoms with Crippen LogP contribution in [0.2, 0.25) is 0 Å². The Morgan fingerprint density at radius 3 is 2.38 bits per heavy atom. The number of rotatable bonds is 6. The molecule has 0 aliphatic heterocycles. The lowest BCUT2D eigenvalue weighted by Gasteiger charge is -2.05. The average Bonchev–Trinajstić information content (AvgIpc) is 3.06. The molecule has 0 aliphatic rings. The molecule has 0 fully saturated rings. The summed E-state index contributed by atoms with van der Waals surface area (Å²) in [4.78, 5) is 32.3. The van der Waals surface area contributed by atoms with Crippen LogP contribution in [0.1, 0.15) is 16.1 Å². The third kappa shape index (κ3) is 3.52. The van der Waals surface area contributed by atoms with Gasteiger partial charge in [-0.3, -0.25) is 25.0 Å². The van der Waals surface area contributed by atoms with Crippen LogP contribution in [0.25, 0.3) is 0 Å². The highest BCUT2D eigenvalue weighted by Crippen LogP contribution is 2.37. The van der Waals surface area contributed by atoms with E-state index in [0.29, 0.717) is 5.76 Å². The lowest BCUT2D eigenvalue weighted by atomic mass is 10.1. The molecule has 0 saturated heterocycles. The maximum absolute atomic E-state index is 12.0. The van der Waals surface area contributed by atoms with Crippen molar-refractivity contribution in [3.63, 3.8) is 0 Å². The van der Waals surface area contributed by atoms with Crippen molar-refractivity contribution in [3.8, 4) is 5.75 Å². The van der Waals surface area contributed by atoms with Crippen LogP contribution in [-0.2, 0) is 0 Å². The summed E-state index contributed by atoms with van der Waals surface area (Å²) in [6.07, 6.45) is 2.60. The largest absolute Gasteiger partial charge is 0.485 e. The number of nitro benzene ring substituents is 2. The van der Waals surface area contributed by atoms with Crippen LogP contribution in [0.5, 0.6) is 5.75 Å². The molecule has 11 heteroatoms. The van der Waals surface area contributed by atoms with Crippen molar-refractivity contribution in [2.24, 2.45) is 5.10 Å². The molecule has 1 amide bonds. The van der Waals surface area contributed by atoms with Gasteiger partial charge in [-0.25, -0.2) is 5.43 Å². The third-order valence-electron chi connectivity index (χ3n) is 2.81. The van der Waals surface area contributed by atoms with E-state index in [4.69, 9.17) is 9.15 Å². The Hall–Kier alpha value is -3.76. The fourth-order valence-electron chi connectivity index (χ4n) is 1.79. The number of nitrogens with one attached hydrogen (secondary N) is 1. The van der Waals surface area contributed by atoms with Gasteiger partial charge in [-0.1, -0.05) is 0 Å². The molecule has 24 heavy (non-hydrogen) atoms. The summed E-state index contributed by atoms with van der Waals surface area (Å²) in [6.45, 7) is 0. The average molecular weight is 334 g/mol. The van der Waals surface area contributed by atoms with E-state index < -0.39 is 32.9 Å². The van der Waals surface area contributed by atoms with E-state index in [9.17, 15) is 25.0 Å². The number of furan rings is 1. The number of methoxy groups -OCH3 is 1. The lowest BCUT2D eigenvalue weighted by molar-refractivity contribution is -0.395. The van der Waals surface area contributed by atoms with Gasteiger partial charge in [0.1, 0.15) is 5.76 Å². The van der Waals surface area contributed by atoms with Gasteiger partial charge in [-0.05, 0) is 12.1 Å². The molecule has 0 bridgehead atoms. The molecule has 0 unspecified atom stereocenters. The van der Waals surface area contributed by atoms with E-state index in [1.165, 1.54) is 12.5 Å². The highest BCUT2D eigenvalue weighted by Gasteiger charge is 2.29. The van der Waals surface area contributed by atoms with Gasteiger partial charge in [0.2, 0.25) is 0 Å². The van der Waals surface area contributed by atoms with E-state index in [1.807, 2.05) is 0 Å². The summed E-state index contributed by atoms with van der Waals surface area (Å²) in [7, 11) is 1.06. The first kappa shape index (κ1) is 16.6. The number of hydrogen-bond donors (Lipinski definition) is 1. The van der Waals surface area contributed by atoms with Crippen molar-refractivity contribution in [1.82, 2.24) is 5.43 Å². The van der Waals surface area contributed by atoms with Crippen molar-refractivity contribution in [3.05, 3.63) is 62.1 Å². The minimum Gasteiger partial charge on any atom is -0.485 e. The Bertz CT molecular complexity index is 779. The van der Waals surface area contributed by atoms with Crippen LogP contribution in [0.4, 0.5) is 11.4 Å². The van der Waals surface area contributed by atoms with Gasteiger partial charge in [-0.15, -0.1) is 0 Å². The molecule has 1 N–H and O–H groups in total. The van der Waals surface area contributed by atoms with Crippen LogP contribution in [0.3, 0.4) is 0 Å². The molecule has 2 rings (SSSR count). The fraction of sp³-hybridized carbons (Fsp3) is 0.0769. The van der Waals surface area contributed by atoms with Crippen molar-refractivity contribution in [2.45, 2.75) is 0 Å². The Balaban J connectivity index is 2.33. The maximum atomic E-state index is 12.0. The van der Waals surface area contributed by atoms with Crippen LogP contribution in [0.15, 0.2) is 40.0 Å². The number of carbonyl (C=O) groups is 1. The van der Waals surface area contributed by atoms with Crippen molar-refractivity contribution >= 4 is 23.5 Å². The molecule has 1 aromatic heterocycles. The molecule has 0 aliphatic carbocycles. The number of ether oxygens (including phenoxy) is 1. The van der Waals surface area contributed by atoms with Crippen molar-refractivity contribution < 1.29 is 23.8 Å². The Morgan fingerprint density at radius 1 is 1.29 bits per heavy atom. The third-order valence-corrected chi connectivity index (χ3v) is 2.81. The molecule has 2 aromatic rings. The quantitative estimate of drug-likeness (QED) is 0.481. The molecule has 0 saturated carbocycles. The molecule has 11 nitrogen and oxygen atoms in total. The second kappa shape index (κ2) is 7.00. The lowest BCUT2D eigenvalue weighted by Crippen LogP contribution is -2.18. The van der Waals surface area contributed by atoms with E-state index in [2.05, 4.69) is 10.5 Å². The predicted octanol–water partition coefficient (Wildman–Crippen LogP) is 1.87. The first-order chi connectivity index (χ1) is 11.4. The summed E-state index contributed by atoms with van der Waals surface area (Å²) in [5.41, 5.74) is 0.373. The van der Waals surface area contributed by atoms with Crippen LogP contribution in [-0.4, -0.2) is 29.1 Å². The van der Waals surface area contributed by atoms with Gasteiger partial charge in [0.05, 0.1) is 35.0 Å². The van der Waals surface area contributed by atoms with Crippen molar-refractivity contribution in [1.29, 1.82) is 0 Å². The molecule has 0 radical (unpaired) electrons. The monoisotopic (exact) mass is 334 g/mol. The van der Waals surface area contributed by atoms with Gasteiger partial charge in [0.15, 0.2) is 0 Å². The number of hydrogen-bond acceptors (Lipinski definition) is 8. The van der Waals surface area contributed by atoms with Crippen LogP contribution >= 0.6 is 0 Å². The molecule has 1 aromatic carbocycles. The maximum Gasteiger partial charge on any atom is 0.319 e. The normalized spacial score (nSPS) is 10.5. The fourth-order valence-corrected chi connectivity index (χ4v) is 1.79. The summed E-state index contributed by atoms with van der Waals surface area (Å²) < 4.78 is 9.66. The number of hydrazone groups is 1. The number of benzene rings is 1. The molecule has 1 heterocycles. The predicted molar refractivity (Wildman–Crippen MR) is 80.1 cm³/mol. The topological polar surface area (TPSA) is 150 Å². The van der Waals surface area contributed by atoms with Gasteiger partial charge in [-0.2, -0.15) is 5.10 Å². The summed E-state index contributed by atoms with van der Waals surface area (Å²) in [6, 6.07) is 4.92. The van der Waals surface area contributed by atoms with Crippen molar-refractivity contribution in [2.75, 3.05) is 7.11 Å². The zero-order chi connectivity index (χ0) is 17.7. The summed E-state index contributed by atoms with van der Waals surface area (Å²) in [5, 5.41) is 25.7. The first-order valence-electron chi connectivity index (χ1n) is 6.31. The molecule has 0 atom stereocenters. The van der Waals surface area contributed by atoms with E-state index >= 15 is 0 Å². The Labute approximate surface area is 133 Å². The Morgan fingerprint density at radius 2 is 1.92 bits per heavy atom. The molecular formula is C13H10N4O7. The van der Waals surface area contributed by atoms with Crippen LogP contribution < -0.4 is 10.2 Å². The van der Waals surface area contributed by atoms with E-state index in [-0.39, 0.29) is 5.56 Å². The molecule has 0 spiro atoms. The van der Waals surface area contributed by atoms with Gasteiger partial charge in [0.25, 0.3) is 11.7 Å². The number of nitrogens with zero attached hydrogens (tertiary/aromatic N) is 3. The second-order valence-electron chi connectivity index (χ2n) is 4.28. The first-order valence-corrected chi connectivity index (χ1v) is 6.31. The zero-order valence-corrected chi connectivity index (χ0v) is 12.2. The van der Waals surface area contributed by atoms with Gasteiger partial charge >= 0.3 is 11.4 Å². The molecular weight excluding hydrogens is 324 g/mol. The summed E-state index contributed by atoms with van der Waals surface area (Å²) >= 11 is 0. The van der Waals surface area contributed by atoms with Gasteiger partial charge < -0.3 is 9.15 Å². The summed E-state index contributed by atoms with van der Waals surface area (Å²) in [5.74, 6) is -1.05. The van der Waals surface area contributed by atoms with Gasteiger partial charge in [0, 0.05) is 12.1 Å². The standard InChI is InChI=1S/C13H10N4O7/c1-23-12-10(16(19)20)5-8(6-11(12)17(21)22)13(18)15-14-7-9-3-2-4-24-9/h2-7H,1H3,(H,15,18). The minimum atomic E-state index is -0.880.